The largest absolute Gasteiger partial charge is 0.434 e. The van der Waals surface area contributed by atoms with Crippen molar-refractivity contribution in [1.82, 2.24) is 9.97 Å². The molecular formula is C20H14ClN3O2. The zero-order valence-corrected chi connectivity index (χ0v) is 14.6. The van der Waals surface area contributed by atoms with Gasteiger partial charge in [-0.15, -0.1) is 0 Å². The van der Waals surface area contributed by atoms with E-state index in [1.54, 1.807) is 36.5 Å². The molecule has 26 heavy (non-hydrogen) atoms. The summed E-state index contributed by atoms with van der Waals surface area (Å²) in [5, 5.41) is 3.43. The summed E-state index contributed by atoms with van der Waals surface area (Å²) in [7, 11) is 0. The number of carbonyl (C=O) groups is 1. The lowest BCUT2D eigenvalue weighted by molar-refractivity contribution is 0.102. The molecule has 4 rings (SSSR count). The summed E-state index contributed by atoms with van der Waals surface area (Å²) in [6.07, 6.45) is 1.67. The third-order valence-electron chi connectivity index (χ3n) is 3.98. The van der Waals surface area contributed by atoms with E-state index in [4.69, 9.17) is 16.0 Å². The van der Waals surface area contributed by atoms with Gasteiger partial charge in [-0.05, 0) is 55.0 Å². The molecule has 6 heteroatoms. The zero-order chi connectivity index (χ0) is 18.1. The predicted molar refractivity (Wildman–Crippen MR) is 101 cm³/mol. The normalized spacial score (nSPS) is 10.8. The van der Waals surface area contributed by atoms with E-state index >= 15 is 0 Å². The average molecular weight is 364 g/mol. The number of pyridine rings is 1. The van der Waals surface area contributed by atoms with Crippen molar-refractivity contribution in [2.75, 3.05) is 5.32 Å². The first-order valence-electron chi connectivity index (χ1n) is 8.00. The molecule has 2 heterocycles. The summed E-state index contributed by atoms with van der Waals surface area (Å²) in [6.45, 7) is 1.92. The smallest absolute Gasteiger partial charge is 0.255 e. The Bertz CT molecular complexity index is 1090. The van der Waals surface area contributed by atoms with Crippen molar-refractivity contribution in [3.05, 3.63) is 76.9 Å². The van der Waals surface area contributed by atoms with Crippen LogP contribution >= 0.6 is 11.6 Å². The summed E-state index contributed by atoms with van der Waals surface area (Å²) in [5.41, 5.74) is 4.03. The van der Waals surface area contributed by atoms with E-state index in [1.165, 1.54) is 0 Å². The molecule has 0 unspecified atom stereocenters. The van der Waals surface area contributed by atoms with E-state index in [0.29, 0.717) is 33.4 Å². The molecule has 0 bridgehead atoms. The quantitative estimate of drug-likeness (QED) is 0.549. The summed E-state index contributed by atoms with van der Waals surface area (Å²) in [6, 6.07) is 16.1. The standard InChI is InChI=1S/C20H14ClN3O2/c1-12-7-8-14(20-24-18-17(26-20)6-3-9-22-18)11-16(12)23-19(25)13-4-2-5-15(21)10-13/h2-11H,1H3,(H,23,25). The van der Waals surface area contributed by atoms with Crippen molar-refractivity contribution < 1.29 is 9.21 Å². The number of benzene rings is 2. The minimum Gasteiger partial charge on any atom is -0.434 e. The van der Waals surface area contributed by atoms with Gasteiger partial charge in [0, 0.05) is 28.0 Å². The molecule has 0 radical (unpaired) electrons. The molecule has 0 spiro atoms. The summed E-state index contributed by atoms with van der Waals surface area (Å²) >= 11 is 5.96. The summed E-state index contributed by atoms with van der Waals surface area (Å²) < 4.78 is 5.75. The van der Waals surface area contributed by atoms with Crippen LogP contribution < -0.4 is 5.32 Å². The van der Waals surface area contributed by atoms with Crippen molar-refractivity contribution in [2.45, 2.75) is 6.92 Å². The van der Waals surface area contributed by atoms with Crippen LogP contribution in [0.3, 0.4) is 0 Å². The number of amides is 1. The van der Waals surface area contributed by atoms with E-state index in [1.807, 2.05) is 31.2 Å². The maximum absolute atomic E-state index is 12.5. The van der Waals surface area contributed by atoms with Crippen LogP contribution in [0.5, 0.6) is 0 Å². The van der Waals surface area contributed by atoms with Gasteiger partial charge in [0.25, 0.3) is 5.91 Å². The Morgan fingerprint density at radius 2 is 2.00 bits per heavy atom. The monoisotopic (exact) mass is 363 g/mol. The van der Waals surface area contributed by atoms with E-state index < -0.39 is 0 Å². The van der Waals surface area contributed by atoms with E-state index in [2.05, 4.69) is 15.3 Å². The van der Waals surface area contributed by atoms with Crippen LogP contribution in [-0.2, 0) is 0 Å². The first-order valence-corrected chi connectivity index (χ1v) is 8.37. The minimum absolute atomic E-state index is 0.230. The van der Waals surface area contributed by atoms with Gasteiger partial charge in [0.1, 0.15) is 0 Å². The highest BCUT2D eigenvalue weighted by molar-refractivity contribution is 6.31. The van der Waals surface area contributed by atoms with Crippen LogP contribution in [-0.4, -0.2) is 15.9 Å². The van der Waals surface area contributed by atoms with Crippen molar-refractivity contribution in [3.63, 3.8) is 0 Å². The highest BCUT2D eigenvalue weighted by Gasteiger charge is 2.13. The number of aromatic nitrogens is 2. The van der Waals surface area contributed by atoms with Gasteiger partial charge < -0.3 is 9.73 Å². The molecular weight excluding hydrogens is 350 g/mol. The van der Waals surface area contributed by atoms with Crippen molar-refractivity contribution >= 4 is 34.4 Å². The van der Waals surface area contributed by atoms with E-state index in [0.717, 1.165) is 11.1 Å². The molecule has 0 saturated carbocycles. The second kappa shape index (κ2) is 6.61. The van der Waals surface area contributed by atoms with Gasteiger partial charge in [0.05, 0.1) is 0 Å². The zero-order valence-electron chi connectivity index (χ0n) is 13.9. The first kappa shape index (κ1) is 16.3. The SMILES string of the molecule is Cc1ccc(-c2nc3ncccc3o2)cc1NC(=O)c1cccc(Cl)c1. The number of anilines is 1. The average Bonchev–Trinajstić information content (AvgIpc) is 3.07. The van der Waals surface area contributed by atoms with Crippen molar-refractivity contribution in [2.24, 2.45) is 0 Å². The Hall–Kier alpha value is -3.18. The number of hydrogen-bond donors (Lipinski definition) is 1. The molecule has 1 amide bonds. The lowest BCUT2D eigenvalue weighted by atomic mass is 10.1. The number of carbonyl (C=O) groups excluding carboxylic acids is 1. The van der Waals surface area contributed by atoms with Gasteiger partial charge in [-0.25, -0.2) is 4.98 Å². The van der Waals surface area contributed by atoms with Crippen LogP contribution in [0.4, 0.5) is 5.69 Å². The van der Waals surface area contributed by atoms with Gasteiger partial charge >= 0.3 is 0 Å². The predicted octanol–water partition coefficient (Wildman–Crippen LogP) is 5.10. The van der Waals surface area contributed by atoms with E-state index in [-0.39, 0.29) is 5.91 Å². The number of aryl methyl sites for hydroxylation is 1. The molecule has 0 fully saturated rings. The number of oxazole rings is 1. The molecule has 128 valence electrons. The minimum atomic E-state index is -0.230. The van der Waals surface area contributed by atoms with Crippen LogP contribution in [0.1, 0.15) is 15.9 Å². The molecule has 0 saturated heterocycles. The fourth-order valence-corrected chi connectivity index (χ4v) is 2.80. The lowest BCUT2D eigenvalue weighted by Crippen LogP contribution is -2.12. The maximum Gasteiger partial charge on any atom is 0.255 e. The number of nitrogens with one attached hydrogen (secondary N) is 1. The molecule has 2 aromatic carbocycles. The fraction of sp³-hybridized carbons (Fsp3) is 0.0500. The van der Waals surface area contributed by atoms with Gasteiger partial charge in [-0.2, -0.15) is 4.98 Å². The van der Waals surface area contributed by atoms with Gasteiger partial charge in [0.15, 0.2) is 11.2 Å². The Morgan fingerprint density at radius 1 is 1.12 bits per heavy atom. The lowest BCUT2D eigenvalue weighted by Gasteiger charge is -2.10. The van der Waals surface area contributed by atoms with Gasteiger partial charge in [0.2, 0.25) is 5.89 Å². The number of hydrogen-bond acceptors (Lipinski definition) is 4. The first-order chi connectivity index (χ1) is 12.6. The van der Waals surface area contributed by atoms with Gasteiger partial charge in [-0.1, -0.05) is 23.7 Å². The third kappa shape index (κ3) is 3.17. The number of halogens is 1. The highest BCUT2D eigenvalue weighted by atomic mass is 35.5. The number of rotatable bonds is 3. The maximum atomic E-state index is 12.5. The molecule has 5 nitrogen and oxygen atoms in total. The Morgan fingerprint density at radius 3 is 2.81 bits per heavy atom. The Balaban J connectivity index is 1.67. The number of fused-ring (bicyclic) bond motifs is 1. The molecule has 0 atom stereocenters. The molecule has 4 aromatic rings. The molecule has 1 N–H and O–H groups in total. The molecule has 0 aliphatic heterocycles. The number of nitrogens with zero attached hydrogens (tertiary/aromatic N) is 2. The van der Waals surface area contributed by atoms with Crippen LogP contribution in [0, 0.1) is 6.92 Å². The van der Waals surface area contributed by atoms with Crippen LogP contribution in [0.15, 0.2) is 65.2 Å². The second-order valence-corrected chi connectivity index (χ2v) is 6.27. The van der Waals surface area contributed by atoms with Crippen LogP contribution in [0.25, 0.3) is 22.7 Å². The third-order valence-corrected chi connectivity index (χ3v) is 4.22. The Kier molecular flexibility index (Phi) is 4.14. The summed E-state index contributed by atoms with van der Waals surface area (Å²) in [4.78, 5) is 21.1. The fourth-order valence-electron chi connectivity index (χ4n) is 2.61. The van der Waals surface area contributed by atoms with Crippen molar-refractivity contribution in [3.8, 4) is 11.5 Å². The highest BCUT2D eigenvalue weighted by Crippen LogP contribution is 2.27. The molecule has 0 aliphatic carbocycles. The molecule has 2 aromatic heterocycles. The van der Waals surface area contributed by atoms with Gasteiger partial charge in [-0.3, -0.25) is 4.79 Å². The van der Waals surface area contributed by atoms with Crippen molar-refractivity contribution in [1.29, 1.82) is 0 Å². The second-order valence-electron chi connectivity index (χ2n) is 5.84. The Labute approximate surface area is 154 Å². The summed E-state index contributed by atoms with van der Waals surface area (Å²) in [5.74, 6) is 0.226. The topological polar surface area (TPSA) is 68.0 Å². The van der Waals surface area contributed by atoms with E-state index in [9.17, 15) is 4.79 Å². The molecule has 0 aliphatic rings. The van der Waals surface area contributed by atoms with Crippen LogP contribution in [0.2, 0.25) is 5.02 Å².